The van der Waals surface area contributed by atoms with E-state index in [0.717, 1.165) is 13.0 Å². The molecular weight excluding hydrogens is 178 g/mol. The Morgan fingerprint density at radius 2 is 1.86 bits per heavy atom. The fraction of sp³-hybridized carbons (Fsp3) is 1.00. The summed E-state index contributed by atoms with van der Waals surface area (Å²) in [5.41, 5.74) is 0. The van der Waals surface area contributed by atoms with E-state index in [1.165, 1.54) is 0 Å². The average molecular weight is 203 g/mol. The van der Waals surface area contributed by atoms with E-state index >= 15 is 0 Å². The Kier molecular flexibility index (Phi) is 8.14. The van der Waals surface area contributed by atoms with Gasteiger partial charge in [0.25, 0.3) is 0 Å². The van der Waals surface area contributed by atoms with Crippen LogP contribution in [0.25, 0.3) is 0 Å². The third kappa shape index (κ3) is 9.96. The highest BCUT2D eigenvalue weighted by Crippen LogP contribution is 2.02. The summed E-state index contributed by atoms with van der Waals surface area (Å²) in [6.45, 7) is 10.5. The van der Waals surface area contributed by atoms with Crippen molar-refractivity contribution in [2.24, 2.45) is 5.92 Å². The number of aliphatic hydroxyl groups excluding tert-OH is 1. The predicted octanol–water partition coefficient (Wildman–Crippen LogP) is 1.41. The van der Waals surface area contributed by atoms with Crippen LogP contribution in [0, 0.1) is 5.92 Å². The third-order valence-corrected chi connectivity index (χ3v) is 1.85. The van der Waals surface area contributed by atoms with E-state index in [0.29, 0.717) is 19.1 Å². The molecule has 1 unspecified atom stereocenters. The number of rotatable bonds is 8. The number of hydrogen-bond donors (Lipinski definition) is 2. The van der Waals surface area contributed by atoms with Gasteiger partial charge in [-0.25, -0.2) is 0 Å². The van der Waals surface area contributed by atoms with Crippen LogP contribution < -0.4 is 5.32 Å². The van der Waals surface area contributed by atoms with E-state index < -0.39 is 0 Å². The van der Waals surface area contributed by atoms with Crippen molar-refractivity contribution < 1.29 is 9.84 Å². The molecule has 2 N–H and O–H groups in total. The first-order valence-electron chi connectivity index (χ1n) is 5.52. The summed E-state index contributed by atoms with van der Waals surface area (Å²) in [6, 6.07) is 0. The Labute approximate surface area is 87.8 Å². The van der Waals surface area contributed by atoms with Gasteiger partial charge in [-0.2, -0.15) is 0 Å². The molecule has 0 aromatic heterocycles. The summed E-state index contributed by atoms with van der Waals surface area (Å²) in [4.78, 5) is 0. The van der Waals surface area contributed by atoms with Crippen LogP contribution in [0.3, 0.4) is 0 Å². The molecule has 14 heavy (non-hydrogen) atoms. The Balaban J connectivity index is 3.19. The van der Waals surface area contributed by atoms with Crippen LogP contribution in [-0.4, -0.2) is 37.0 Å². The van der Waals surface area contributed by atoms with Gasteiger partial charge in [-0.05, 0) is 26.2 Å². The monoisotopic (exact) mass is 203 g/mol. The first-order valence-corrected chi connectivity index (χ1v) is 5.52. The van der Waals surface area contributed by atoms with Gasteiger partial charge in [0.15, 0.2) is 0 Å². The third-order valence-electron chi connectivity index (χ3n) is 1.85. The van der Waals surface area contributed by atoms with Gasteiger partial charge in [0, 0.05) is 13.1 Å². The molecule has 0 aliphatic rings. The molecule has 0 saturated heterocycles. The normalized spacial score (nSPS) is 13.9. The van der Waals surface area contributed by atoms with Crippen LogP contribution in [0.1, 0.15) is 34.1 Å². The van der Waals surface area contributed by atoms with Gasteiger partial charge in [-0.1, -0.05) is 13.8 Å². The van der Waals surface area contributed by atoms with Gasteiger partial charge in [-0.3, -0.25) is 0 Å². The standard InChI is InChI=1S/C11H25NO2/c1-9(2)7-11(13)8-12-5-6-14-10(3)4/h9-13H,5-8H2,1-4H3. The maximum Gasteiger partial charge on any atom is 0.0667 e. The Hall–Kier alpha value is -0.120. The van der Waals surface area contributed by atoms with Gasteiger partial charge >= 0.3 is 0 Å². The molecule has 0 spiro atoms. The van der Waals surface area contributed by atoms with Crippen LogP contribution >= 0.6 is 0 Å². The predicted molar refractivity (Wildman–Crippen MR) is 59.4 cm³/mol. The van der Waals surface area contributed by atoms with Crippen molar-refractivity contribution in [2.75, 3.05) is 19.7 Å². The zero-order chi connectivity index (χ0) is 11.0. The van der Waals surface area contributed by atoms with E-state index in [4.69, 9.17) is 4.74 Å². The molecule has 1 atom stereocenters. The van der Waals surface area contributed by atoms with Gasteiger partial charge < -0.3 is 15.2 Å². The van der Waals surface area contributed by atoms with Crippen molar-refractivity contribution >= 4 is 0 Å². The second-order valence-corrected chi connectivity index (χ2v) is 4.41. The SMILES string of the molecule is CC(C)CC(O)CNCCOC(C)C. The van der Waals surface area contributed by atoms with Crippen molar-refractivity contribution in [1.29, 1.82) is 0 Å². The first-order chi connectivity index (χ1) is 6.52. The molecular formula is C11H25NO2. The lowest BCUT2D eigenvalue weighted by atomic mass is 10.1. The molecule has 3 heteroatoms. The van der Waals surface area contributed by atoms with Crippen molar-refractivity contribution in [2.45, 2.75) is 46.3 Å². The van der Waals surface area contributed by atoms with Crippen LogP contribution in [-0.2, 0) is 4.74 Å². The molecule has 0 radical (unpaired) electrons. The number of hydrogen-bond acceptors (Lipinski definition) is 3. The van der Waals surface area contributed by atoms with Crippen LogP contribution in [0.2, 0.25) is 0 Å². The summed E-state index contributed by atoms with van der Waals surface area (Å²) in [7, 11) is 0. The van der Waals surface area contributed by atoms with Crippen molar-refractivity contribution in [3.8, 4) is 0 Å². The van der Waals surface area contributed by atoms with Crippen LogP contribution in [0.5, 0.6) is 0 Å². The smallest absolute Gasteiger partial charge is 0.0667 e. The highest BCUT2D eigenvalue weighted by atomic mass is 16.5. The molecule has 0 aromatic rings. The largest absolute Gasteiger partial charge is 0.392 e. The topological polar surface area (TPSA) is 41.5 Å². The number of aliphatic hydroxyl groups is 1. The highest BCUT2D eigenvalue weighted by molar-refractivity contribution is 4.61. The zero-order valence-corrected chi connectivity index (χ0v) is 9.92. The summed E-state index contributed by atoms with van der Waals surface area (Å²) in [6.07, 6.45) is 0.921. The average Bonchev–Trinajstić information content (AvgIpc) is 2.01. The summed E-state index contributed by atoms with van der Waals surface area (Å²) >= 11 is 0. The Bertz CT molecular complexity index is 126. The number of nitrogens with one attached hydrogen (secondary N) is 1. The summed E-state index contributed by atoms with van der Waals surface area (Å²) < 4.78 is 5.36. The highest BCUT2D eigenvalue weighted by Gasteiger charge is 2.05. The molecule has 0 fully saturated rings. The minimum absolute atomic E-state index is 0.228. The molecule has 0 heterocycles. The maximum atomic E-state index is 9.52. The second kappa shape index (κ2) is 8.21. The lowest BCUT2D eigenvalue weighted by molar-refractivity contribution is 0.0771. The second-order valence-electron chi connectivity index (χ2n) is 4.41. The first kappa shape index (κ1) is 13.9. The summed E-state index contributed by atoms with van der Waals surface area (Å²) in [5, 5.41) is 12.7. The maximum absolute atomic E-state index is 9.52. The molecule has 3 nitrogen and oxygen atoms in total. The van der Waals surface area contributed by atoms with Gasteiger partial charge in [-0.15, -0.1) is 0 Å². The quantitative estimate of drug-likeness (QED) is 0.586. The molecule has 86 valence electrons. The minimum atomic E-state index is -0.228. The lowest BCUT2D eigenvalue weighted by Gasteiger charge is -2.14. The van der Waals surface area contributed by atoms with Crippen LogP contribution in [0.15, 0.2) is 0 Å². The van der Waals surface area contributed by atoms with Crippen molar-refractivity contribution in [1.82, 2.24) is 5.32 Å². The molecule has 0 aromatic carbocycles. The van der Waals surface area contributed by atoms with Gasteiger partial charge in [0.05, 0.1) is 18.8 Å². The van der Waals surface area contributed by atoms with E-state index in [2.05, 4.69) is 19.2 Å². The lowest BCUT2D eigenvalue weighted by Crippen LogP contribution is -2.30. The molecule has 0 amide bonds. The molecule has 0 bridgehead atoms. The molecule has 0 aliphatic carbocycles. The minimum Gasteiger partial charge on any atom is -0.392 e. The fourth-order valence-corrected chi connectivity index (χ4v) is 1.26. The summed E-state index contributed by atoms with van der Waals surface area (Å²) in [5.74, 6) is 0.554. The molecule has 0 saturated carbocycles. The van der Waals surface area contributed by atoms with Crippen LogP contribution in [0.4, 0.5) is 0 Å². The van der Waals surface area contributed by atoms with E-state index in [9.17, 15) is 5.11 Å². The molecule has 0 aliphatic heterocycles. The van der Waals surface area contributed by atoms with E-state index in [1.54, 1.807) is 0 Å². The molecule has 0 rings (SSSR count). The van der Waals surface area contributed by atoms with Crippen molar-refractivity contribution in [3.63, 3.8) is 0 Å². The Morgan fingerprint density at radius 1 is 1.21 bits per heavy atom. The van der Waals surface area contributed by atoms with Gasteiger partial charge in [0.2, 0.25) is 0 Å². The van der Waals surface area contributed by atoms with E-state index in [-0.39, 0.29) is 12.2 Å². The van der Waals surface area contributed by atoms with E-state index in [1.807, 2.05) is 13.8 Å². The number of ether oxygens (including phenoxy) is 1. The van der Waals surface area contributed by atoms with Crippen molar-refractivity contribution in [3.05, 3.63) is 0 Å². The zero-order valence-electron chi connectivity index (χ0n) is 9.92. The van der Waals surface area contributed by atoms with Gasteiger partial charge in [0.1, 0.15) is 0 Å². The Morgan fingerprint density at radius 3 is 2.36 bits per heavy atom. The fourth-order valence-electron chi connectivity index (χ4n) is 1.26.